The van der Waals surface area contributed by atoms with E-state index < -0.39 is 0 Å². The fourth-order valence-corrected chi connectivity index (χ4v) is 3.55. The van der Waals surface area contributed by atoms with E-state index in [0.717, 1.165) is 41.0 Å². The summed E-state index contributed by atoms with van der Waals surface area (Å²) in [5.74, 6) is 1.33. The second kappa shape index (κ2) is 7.62. The second-order valence-corrected chi connectivity index (χ2v) is 7.51. The summed E-state index contributed by atoms with van der Waals surface area (Å²) in [6.07, 6.45) is 2.20. The summed E-state index contributed by atoms with van der Waals surface area (Å²) in [6.45, 7) is 4.13. The number of aromatic amines is 1. The van der Waals surface area contributed by atoms with E-state index in [1.165, 1.54) is 5.56 Å². The van der Waals surface area contributed by atoms with Gasteiger partial charge >= 0.3 is 0 Å². The second-order valence-electron chi connectivity index (χ2n) is 7.51. The molecule has 0 spiro atoms. The summed E-state index contributed by atoms with van der Waals surface area (Å²) in [4.78, 5) is 13.1. The first-order valence-electron chi connectivity index (χ1n) is 9.70. The topological polar surface area (TPSA) is 76.2 Å². The molecule has 29 heavy (non-hydrogen) atoms. The summed E-state index contributed by atoms with van der Waals surface area (Å²) in [7, 11) is 3.13. The maximum absolute atomic E-state index is 13.1. The van der Waals surface area contributed by atoms with Crippen molar-refractivity contribution < 1.29 is 14.3 Å². The maximum atomic E-state index is 13.1. The molecule has 0 saturated heterocycles. The van der Waals surface area contributed by atoms with Crippen molar-refractivity contribution >= 4 is 11.6 Å². The van der Waals surface area contributed by atoms with Gasteiger partial charge in [0.15, 0.2) is 0 Å². The lowest BCUT2D eigenvalue weighted by molar-refractivity contribution is 0.102. The molecule has 1 heterocycles. The average Bonchev–Trinajstić information content (AvgIpc) is 3.49. The zero-order valence-electron chi connectivity index (χ0n) is 17.1. The number of rotatable bonds is 6. The van der Waals surface area contributed by atoms with Crippen LogP contribution in [0.5, 0.6) is 11.5 Å². The molecular weight excluding hydrogens is 366 g/mol. The number of hydrogen-bond donors (Lipinski definition) is 2. The number of anilines is 1. The third-order valence-electron chi connectivity index (χ3n) is 5.27. The van der Waals surface area contributed by atoms with Crippen molar-refractivity contribution in [1.29, 1.82) is 0 Å². The summed E-state index contributed by atoms with van der Waals surface area (Å²) in [6, 6.07) is 11.4. The highest BCUT2D eigenvalue weighted by molar-refractivity contribution is 6.07. The molecule has 2 N–H and O–H groups in total. The van der Waals surface area contributed by atoms with E-state index in [1.54, 1.807) is 32.4 Å². The quantitative estimate of drug-likeness (QED) is 0.630. The predicted molar refractivity (Wildman–Crippen MR) is 113 cm³/mol. The Hall–Kier alpha value is -3.28. The molecule has 0 atom stereocenters. The first kappa shape index (κ1) is 19.1. The van der Waals surface area contributed by atoms with Crippen LogP contribution in [0.3, 0.4) is 0 Å². The minimum atomic E-state index is -0.225. The van der Waals surface area contributed by atoms with Crippen LogP contribution in [0.1, 0.15) is 45.9 Å². The van der Waals surface area contributed by atoms with E-state index in [1.807, 2.05) is 0 Å². The molecule has 2 aromatic carbocycles. The highest BCUT2D eigenvalue weighted by Crippen LogP contribution is 2.45. The molecule has 1 aliphatic carbocycles. The van der Waals surface area contributed by atoms with E-state index in [9.17, 15) is 4.79 Å². The number of carbonyl (C=O) groups is 1. The number of nitrogens with one attached hydrogen (secondary N) is 2. The van der Waals surface area contributed by atoms with E-state index in [-0.39, 0.29) is 5.91 Å². The van der Waals surface area contributed by atoms with Crippen LogP contribution in [0.2, 0.25) is 0 Å². The number of hydrogen-bond acceptors (Lipinski definition) is 4. The van der Waals surface area contributed by atoms with Crippen LogP contribution in [0, 0.1) is 13.8 Å². The highest BCUT2D eigenvalue weighted by Gasteiger charge is 2.31. The zero-order valence-corrected chi connectivity index (χ0v) is 17.1. The summed E-state index contributed by atoms with van der Waals surface area (Å²) in [5.41, 5.74) is 6.31. The van der Waals surface area contributed by atoms with Gasteiger partial charge in [-0.25, -0.2) is 0 Å². The number of methoxy groups -OCH3 is 2. The first-order valence-corrected chi connectivity index (χ1v) is 9.70. The maximum Gasteiger partial charge on any atom is 0.256 e. The normalized spacial score (nSPS) is 13.2. The van der Waals surface area contributed by atoms with Crippen LogP contribution in [0.4, 0.5) is 5.69 Å². The van der Waals surface area contributed by atoms with Crippen LogP contribution >= 0.6 is 0 Å². The fraction of sp³-hybridized carbons (Fsp3) is 0.304. The van der Waals surface area contributed by atoms with E-state index in [4.69, 9.17) is 9.47 Å². The van der Waals surface area contributed by atoms with Gasteiger partial charge in [0.1, 0.15) is 17.2 Å². The van der Waals surface area contributed by atoms with Crippen LogP contribution in [0.15, 0.2) is 36.4 Å². The van der Waals surface area contributed by atoms with E-state index >= 15 is 0 Å². The largest absolute Gasteiger partial charge is 0.497 e. The van der Waals surface area contributed by atoms with Crippen molar-refractivity contribution in [2.45, 2.75) is 32.6 Å². The Balaban J connectivity index is 1.73. The summed E-state index contributed by atoms with van der Waals surface area (Å²) < 4.78 is 10.6. The molecule has 1 fully saturated rings. The number of carbonyl (C=O) groups excluding carboxylic acids is 1. The Labute approximate surface area is 170 Å². The summed E-state index contributed by atoms with van der Waals surface area (Å²) in [5, 5.41) is 10.8. The molecule has 1 aromatic heterocycles. The fourth-order valence-electron chi connectivity index (χ4n) is 3.55. The molecule has 4 rings (SSSR count). The zero-order chi connectivity index (χ0) is 20.5. The lowest BCUT2D eigenvalue weighted by atomic mass is 10.0. The van der Waals surface area contributed by atoms with Crippen molar-refractivity contribution in [1.82, 2.24) is 10.2 Å². The Morgan fingerprint density at radius 2 is 1.76 bits per heavy atom. The number of aromatic nitrogens is 2. The van der Waals surface area contributed by atoms with E-state index in [2.05, 4.69) is 47.6 Å². The van der Waals surface area contributed by atoms with Gasteiger partial charge in [-0.3, -0.25) is 9.89 Å². The Bertz CT molecular complexity index is 1040. The monoisotopic (exact) mass is 391 g/mol. The number of benzene rings is 2. The number of H-pyrrole nitrogens is 1. The van der Waals surface area contributed by atoms with Crippen LogP contribution < -0.4 is 14.8 Å². The molecule has 0 bridgehead atoms. The lowest BCUT2D eigenvalue weighted by Gasteiger charge is -2.12. The van der Waals surface area contributed by atoms with Gasteiger partial charge in [-0.1, -0.05) is 23.8 Å². The van der Waals surface area contributed by atoms with Gasteiger partial charge in [0, 0.05) is 23.1 Å². The standard InChI is InChI=1S/C23H25N3O3/c1-13-5-8-19(14(2)9-13)21-22(20(25-26-21)15-6-7-15)24-23(27)16-10-17(28-3)12-18(11-16)29-4/h5,8-12,15H,6-7H2,1-4H3,(H,24,27)(H,25,26). The summed E-state index contributed by atoms with van der Waals surface area (Å²) >= 11 is 0. The van der Waals surface area contributed by atoms with Gasteiger partial charge < -0.3 is 14.8 Å². The predicted octanol–water partition coefficient (Wildman–Crippen LogP) is 4.84. The molecular formula is C23H25N3O3. The van der Waals surface area contributed by atoms with Gasteiger partial charge in [-0.05, 0) is 44.4 Å². The van der Waals surface area contributed by atoms with Crippen molar-refractivity contribution in [2.75, 3.05) is 19.5 Å². The minimum absolute atomic E-state index is 0.225. The van der Waals surface area contributed by atoms with Crippen molar-refractivity contribution in [3.05, 3.63) is 58.8 Å². The molecule has 1 aliphatic rings. The number of amides is 1. The molecule has 1 saturated carbocycles. The molecule has 0 aliphatic heterocycles. The first-order chi connectivity index (χ1) is 14.0. The number of nitrogens with zero attached hydrogens (tertiary/aromatic N) is 1. The Morgan fingerprint density at radius 1 is 1.07 bits per heavy atom. The van der Waals surface area contributed by atoms with Crippen molar-refractivity contribution in [3.63, 3.8) is 0 Å². The van der Waals surface area contributed by atoms with Gasteiger partial charge in [0.25, 0.3) is 5.91 Å². The van der Waals surface area contributed by atoms with E-state index in [0.29, 0.717) is 23.0 Å². The third-order valence-corrected chi connectivity index (χ3v) is 5.27. The highest BCUT2D eigenvalue weighted by atomic mass is 16.5. The van der Waals surface area contributed by atoms with Crippen LogP contribution in [-0.2, 0) is 0 Å². The molecule has 3 aromatic rings. The molecule has 150 valence electrons. The average molecular weight is 391 g/mol. The minimum Gasteiger partial charge on any atom is -0.497 e. The Morgan fingerprint density at radius 3 is 2.34 bits per heavy atom. The van der Waals surface area contributed by atoms with Gasteiger partial charge in [0.2, 0.25) is 0 Å². The number of aryl methyl sites for hydroxylation is 2. The smallest absolute Gasteiger partial charge is 0.256 e. The lowest BCUT2D eigenvalue weighted by Crippen LogP contribution is -2.13. The molecule has 6 nitrogen and oxygen atoms in total. The van der Waals surface area contributed by atoms with Gasteiger partial charge in [-0.15, -0.1) is 0 Å². The molecule has 0 radical (unpaired) electrons. The van der Waals surface area contributed by atoms with Crippen molar-refractivity contribution in [2.24, 2.45) is 0 Å². The molecule has 0 unspecified atom stereocenters. The third kappa shape index (κ3) is 3.83. The molecule has 1 amide bonds. The molecule has 6 heteroatoms. The van der Waals surface area contributed by atoms with Gasteiger partial charge in [0.05, 0.1) is 25.6 Å². The Kier molecular flexibility index (Phi) is 5.01. The van der Waals surface area contributed by atoms with Crippen LogP contribution in [-0.4, -0.2) is 30.3 Å². The van der Waals surface area contributed by atoms with Crippen molar-refractivity contribution in [3.8, 4) is 22.8 Å². The number of ether oxygens (including phenoxy) is 2. The van der Waals surface area contributed by atoms with Gasteiger partial charge in [-0.2, -0.15) is 5.10 Å². The van der Waals surface area contributed by atoms with Crippen LogP contribution in [0.25, 0.3) is 11.3 Å². The SMILES string of the molecule is COc1cc(OC)cc(C(=O)Nc2c(-c3ccc(C)cc3C)n[nH]c2C2CC2)c1.